The summed E-state index contributed by atoms with van der Waals surface area (Å²) >= 11 is 1.13. The van der Waals surface area contributed by atoms with Crippen LogP contribution in [0.3, 0.4) is 0 Å². The van der Waals surface area contributed by atoms with Gasteiger partial charge in [0.2, 0.25) is 5.95 Å². The summed E-state index contributed by atoms with van der Waals surface area (Å²) in [6, 6.07) is 3.48. The van der Waals surface area contributed by atoms with Gasteiger partial charge in [-0.1, -0.05) is 0 Å². The summed E-state index contributed by atoms with van der Waals surface area (Å²) in [4.78, 5) is 23.9. The summed E-state index contributed by atoms with van der Waals surface area (Å²) in [5.41, 5.74) is 1.63. The van der Waals surface area contributed by atoms with E-state index < -0.39 is 5.97 Å². The average Bonchev–Trinajstić information content (AvgIpc) is 3.16. The highest BCUT2D eigenvalue weighted by Gasteiger charge is 2.15. The number of carboxylic acids is 1. The van der Waals surface area contributed by atoms with Crippen LogP contribution in [0, 0.1) is 0 Å². The van der Waals surface area contributed by atoms with E-state index in [-0.39, 0.29) is 10.9 Å². The molecule has 3 rings (SSSR count). The van der Waals surface area contributed by atoms with Crippen molar-refractivity contribution in [2.24, 2.45) is 7.05 Å². The van der Waals surface area contributed by atoms with Crippen molar-refractivity contribution in [3.05, 3.63) is 40.6 Å². The molecule has 118 valence electrons. The van der Waals surface area contributed by atoms with Gasteiger partial charge in [-0.3, -0.25) is 4.68 Å². The SMILES string of the molecule is CC(Nc1nccc(-c2ccnn2C)n1)c1ncc(C(=O)O)s1. The van der Waals surface area contributed by atoms with Crippen LogP contribution in [0.2, 0.25) is 0 Å². The fourth-order valence-corrected chi connectivity index (χ4v) is 2.80. The van der Waals surface area contributed by atoms with Crippen LogP contribution in [0.15, 0.2) is 30.7 Å². The molecule has 0 bridgehead atoms. The number of rotatable bonds is 5. The lowest BCUT2D eigenvalue weighted by Gasteiger charge is -2.11. The maximum Gasteiger partial charge on any atom is 0.347 e. The van der Waals surface area contributed by atoms with Crippen molar-refractivity contribution in [2.45, 2.75) is 13.0 Å². The highest BCUT2D eigenvalue weighted by molar-refractivity contribution is 7.13. The molecule has 3 aromatic rings. The van der Waals surface area contributed by atoms with Crippen LogP contribution in [0.5, 0.6) is 0 Å². The number of hydrogen-bond donors (Lipinski definition) is 2. The first-order valence-electron chi connectivity index (χ1n) is 6.81. The van der Waals surface area contributed by atoms with Gasteiger partial charge in [0, 0.05) is 19.4 Å². The number of nitrogens with one attached hydrogen (secondary N) is 1. The Morgan fingerprint density at radius 3 is 2.83 bits per heavy atom. The number of aryl methyl sites for hydroxylation is 1. The number of carbonyl (C=O) groups is 1. The second-order valence-electron chi connectivity index (χ2n) is 4.84. The first kappa shape index (κ1) is 15.1. The van der Waals surface area contributed by atoms with E-state index in [1.807, 2.05) is 20.0 Å². The van der Waals surface area contributed by atoms with Crippen LogP contribution in [-0.4, -0.2) is 35.8 Å². The summed E-state index contributed by atoms with van der Waals surface area (Å²) in [5.74, 6) is -0.529. The van der Waals surface area contributed by atoms with Gasteiger partial charge in [-0.05, 0) is 19.1 Å². The summed E-state index contributed by atoms with van der Waals surface area (Å²) in [7, 11) is 1.84. The number of nitrogens with zero attached hydrogens (tertiary/aromatic N) is 5. The maximum atomic E-state index is 10.9. The molecule has 0 saturated carbocycles. The molecular weight excluding hydrogens is 316 g/mol. The van der Waals surface area contributed by atoms with E-state index in [2.05, 4.69) is 25.4 Å². The van der Waals surface area contributed by atoms with Crippen molar-refractivity contribution in [1.29, 1.82) is 0 Å². The Morgan fingerprint density at radius 1 is 1.35 bits per heavy atom. The highest BCUT2D eigenvalue weighted by atomic mass is 32.1. The molecule has 1 atom stereocenters. The molecule has 0 fully saturated rings. The quantitative estimate of drug-likeness (QED) is 0.738. The molecule has 0 aliphatic rings. The van der Waals surface area contributed by atoms with Gasteiger partial charge in [-0.25, -0.2) is 19.7 Å². The average molecular weight is 330 g/mol. The van der Waals surface area contributed by atoms with Crippen LogP contribution < -0.4 is 5.32 Å². The van der Waals surface area contributed by atoms with E-state index in [4.69, 9.17) is 5.11 Å². The van der Waals surface area contributed by atoms with Gasteiger partial charge in [0.05, 0.1) is 23.6 Å². The first-order valence-corrected chi connectivity index (χ1v) is 7.63. The van der Waals surface area contributed by atoms with Crippen molar-refractivity contribution in [2.75, 3.05) is 5.32 Å². The maximum absolute atomic E-state index is 10.9. The Kier molecular flexibility index (Phi) is 4.02. The van der Waals surface area contributed by atoms with Gasteiger partial charge < -0.3 is 10.4 Å². The molecule has 3 heterocycles. The lowest BCUT2D eigenvalue weighted by Crippen LogP contribution is -2.09. The molecular formula is C14H14N6O2S. The minimum absolute atomic E-state index is 0.199. The van der Waals surface area contributed by atoms with Crippen LogP contribution in [-0.2, 0) is 7.05 Å². The monoisotopic (exact) mass is 330 g/mol. The predicted molar refractivity (Wildman–Crippen MR) is 85.3 cm³/mol. The van der Waals surface area contributed by atoms with Gasteiger partial charge in [-0.15, -0.1) is 11.3 Å². The van der Waals surface area contributed by atoms with E-state index in [0.29, 0.717) is 11.0 Å². The molecule has 0 spiro atoms. The molecule has 9 heteroatoms. The zero-order chi connectivity index (χ0) is 16.4. The topological polar surface area (TPSA) is 106 Å². The number of thiazole rings is 1. The third kappa shape index (κ3) is 3.19. The summed E-state index contributed by atoms with van der Waals surface area (Å²) in [6.07, 6.45) is 4.72. The van der Waals surface area contributed by atoms with Gasteiger partial charge in [-0.2, -0.15) is 5.10 Å². The fraction of sp³-hybridized carbons (Fsp3) is 0.214. The fourth-order valence-electron chi connectivity index (χ4n) is 2.04. The Balaban J connectivity index is 1.79. The molecule has 2 N–H and O–H groups in total. The van der Waals surface area contributed by atoms with Crippen LogP contribution >= 0.6 is 11.3 Å². The van der Waals surface area contributed by atoms with E-state index in [9.17, 15) is 4.79 Å². The van der Waals surface area contributed by atoms with E-state index in [1.54, 1.807) is 23.1 Å². The Morgan fingerprint density at radius 2 is 2.17 bits per heavy atom. The van der Waals surface area contributed by atoms with Gasteiger partial charge in [0.15, 0.2) is 0 Å². The van der Waals surface area contributed by atoms with Crippen LogP contribution in [0.25, 0.3) is 11.4 Å². The molecule has 1 unspecified atom stereocenters. The second-order valence-corrected chi connectivity index (χ2v) is 5.90. The summed E-state index contributed by atoms with van der Waals surface area (Å²) in [6.45, 7) is 1.88. The van der Waals surface area contributed by atoms with Crippen molar-refractivity contribution in [1.82, 2.24) is 24.7 Å². The van der Waals surface area contributed by atoms with Gasteiger partial charge in [0.25, 0.3) is 0 Å². The molecule has 0 aromatic carbocycles. The second kappa shape index (κ2) is 6.13. The Bertz CT molecular complexity index is 843. The number of aromatic carboxylic acids is 1. The summed E-state index contributed by atoms with van der Waals surface area (Å²) < 4.78 is 1.73. The Labute approximate surface area is 135 Å². The first-order chi connectivity index (χ1) is 11.0. The number of carboxylic acid groups (broad SMARTS) is 1. The number of aromatic nitrogens is 5. The molecule has 0 amide bonds. The standard InChI is InChI=1S/C14H14N6O2S/c1-8(12-16-7-11(23-12)13(21)22)18-14-15-5-3-9(19-14)10-4-6-17-20(10)2/h3-8H,1-2H3,(H,21,22)(H,15,18,19). The lowest BCUT2D eigenvalue weighted by atomic mass is 10.3. The van der Waals surface area contributed by atoms with Gasteiger partial charge in [0.1, 0.15) is 9.88 Å². The highest BCUT2D eigenvalue weighted by Crippen LogP contribution is 2.23. The minimum atomic E-state index is -0.976. The molecule has 8 nitrogen and oxygen atoms in total. The number of anilines is 1. The van der Waals surface area contributed by atoms with Crippen molar-refractivity contribution in [3.63, 3.8) is 0 Å². The third-order valence-electron chi connectivity index (χ3n) is 3.19. The molecule has 0 radical (unpaired) electrons. The normalized spacial score (nSPS) is 12.1. The molecule has 23 heavy (non-hydrogen) atoms. The molecule has 3 aromatic heterocycles. The van der Waals surface area contributed by atoms with Crippen molar-refractivity contribution < 1.29 is 9.90 Å². The molecule has 0 saturated heterocycles. The minimum Gasteiger partial charge on any atom is -0.477 e. The van der Waals surface area contributed by atoms with Crippen LogP contribution in [0.1, 0.15) is 27.6 Å². The van der Waals surface area contributed by atoms with Crippen molar-refractivity contribution in [3.8, 4) is 11.4 Å². The smallest absolute Gasteiger partial charge is 0.347 e. The summed E-state index contributed by atoms with van der Waals surface area (Å²) in [5, 5.41) is 16.9. The van der Waals surface area contributed by atoms with E-state index in [1.165, 1.54) is 6.20 Å². The largest absolute Gasteiger partial charge is 0.477 e. The molecule has 0 aliphatic carbocycles. The zero-order valence-electron chi connectivity index (χ0n) is 12.5. The lowest BCUT2D eigenvalue weighted by molar-refractivity contribution is 0.0702. The third-order valence-corrected chi connectivity index (χ3v) is 4.36. The molecule has 0 aliphatic heterocycles. The number of hydrogen-bond acceptors (Lipinski definition) is 7. The van der Waals surface area contributed by atoms with E-state index in [0.717, 1.165) is 22.7 Å². The zero-order valence-corrected chi connectivity index (χ0v) is 13.3. The van der Waals surface area contributed by atoms with Crippen molar-refractivity contribution >= 4 is 23.3 Å². The van der Waals surface area contributed by atoms with Gasteiger partial charge >= 0.3 is 5.97 Å². The van der Waals surface area contributed by atoms with E-state index >= 15 is 0 Å². The predicted octanol–water partition coefficient (Wildman–Crippen LogP) is 2.20. The van der Waals surface area contributed by atoms with Crippen LogP contribution in [0.4, 0.5) is 5.95 Å². The Hall–Kier alpha value is -2.81.